The summed E-state index contributed by atoms with van der Waals surface area (Å²) in [6.07, 6.45) is 2.55. The van der Waals surface area contributed by atoms with Crippen LogP contribution in [0.15, 0.2) is 54.6 Å². The monoisotopic (exact) mass is 467 g/mol. The standard InChI is InChI=1S/C27H34FN3O3/c1-3-25-23(18-30(16-20-14-15-20)17-22(32)19-33-4-2)27(34-26-13-9-8-12-24(26)28)31(29-25)21-10-6-5-7-11-21/h5-13,20,22,32H,3-4,14-19H2,1-2H3/t22-/m1/s1. The predicted octanol–water partition coefficient (Wildman–Crippen LogP) is 4.98. The molecular formula is C27H34FN3O3. The number of ether oxygens (including phenoxy) is 2. The van der Waals surface area contributed by atoms with Crippen LogP contribution in [0.5, 0.6) is 11.6 Å². The zero-order valence-electron chi connectivity index (χ0n) is 20.0. The first kappa shape index (κ1) is 24.4. The average molecular weight is 468 g/mol. The van der Waals surface area contributed by atoms with Crippen molar-refractivity contribution in [2.45, 2.75) is 45.8 Å². The summed E-state index contributed by atoms with van der Waals surface area (Å²) in [6, 6.07) is 16.2. The molecule has 4 rings (SSSR count). The molecule has 0 bridgehead atoms. The van der Waals surface area contributed by atoms with Gasteiger partial charge in [-0.3, -0.25) is 4.90 Å². The van der Waals surface area contributed by atoms with Gasteiger partial charge >= 0.3 is 0 Å². The zero-order valence-corrected chi connectivity index (χ0v) is 20.0. The van der Waals surface area contributed by atoms with E-state index in [9.17, 15) is 9.50 Å². The fourth-order valence-electron chi connectivity index (χ4n) is 4.10. The number of para-hydroxylation sites is 2. The third kappa shape index (κ3) is 6.23. The Balaban J connectivity index is 1.70. The molecule has 0 amide bonds. The molecule has 0 saturated heterocycles. The van der Waals surface area contributed by atoms with Crippen molar-refractivity contribution in [3.63, 3.8) is 0 Å². The van der Waals surface area contributed by atoms with E-state index in [-0.39, 0.29) is 5.75 Å². The largest absolute Gasteiger partial charge is 0.435 e. The number of aliphatic hydroxyl groups excluding tert-OH is 1. The summed E-state index contributed by atoms with van der Waals surface area (Å²) in [5.74, 6) is 0.889. The van der Waals surface area contributed by atoms with Gasteiger partial charge in [0, 0.05) is 26.2 Å². The Hall–Kier alpha value is -2.74. The molecule has 1 atom stereocenters. The van der Waals surface area contributed by atoms with Gasteiger partial charge in [-0.1, -0.05) is 37.3 Å². The number of nitrogens with zero attached hydrogens (tertiary/aromatic N) is 3. The van der Waals surface area contributed by atoms with E-state index in [1.807, 2.05) is 37.3 Å². The van der Waals surface area contributed by atoms with Crippen molar-refractivity contribution >= 4 is 0 Å². The maximum absolute atomic E-state index is 14.6. The van der Waals surface area contributed by atoms with Gasteiger partial charge in [-0.05, 0) is 56.4 Å². The fourth-order valence-corrected chi connectivity index (χ4v) is 4.10. The van der Waals surface area contributed by atoms with Gasteiger partial charge in [0.05, 0.1) is 29.7 Å². The van der Waals surface area contributed by atoms with Crippen molar-refractivity contribution in [2.75, 3.05) is 26.3 Å². The van der Waals surface area contributed by atoms with Gasteiger partial charge in [-0.15, -0.1) is 0 Å². The smallest absolute Gasteiger partial charge is 0.227 e. The normalized spacial score (nSPS) is 14.5. The van der Waals surface area contributed by atoms with E-state index in [0.717, 1.165) is 23.5 Å². The Kier molecular flexibility index (Phi) is 8.32. The number of aromatic nitrogens is 2. The lowest BCUT2D eigenvalue weighted by molar-refractivity contribution is 0.0185. The lowest BCUT2D eigenvalue weighted by Crippen LogP contribution is -2.36. The number of hydrogen-bond donors (Lipinski definition) is 1. The van der Waals surface area contributed by atoms with Crippen LogP contribution in [0.25, 0.3) is 5.69 Å². The van der Waals surface area contributed by atoms with Crippen LogP contribution >= 0.6 is 0 Å². The Labute approximate surface area is 200 Å². The van der Waals surface area contributed by atoms with Crippen LogP contribution in [0.4, 0.5) is 4.39 Å². The zero-order chi connectivity index (χ0) is 23.9. The van der Waals surface area contributed by atoms with Crippen molar-refractivity contribution < 1.29 is 19.0 Å². The Morgan fingerprint density at radius 1 is 1.12 bits per heavy atom. The van der Waals surface area contributed by atoms with Crippen LogP contribution < -0.4 is 4.74 Å². The number of hydrogen-bond acceptors (Lipinski definition) is 5. The molecule has 1 fully saturated rings. The topological polar surface area (TPSA) is 59.8 Å². The highest BCUT2D eigenvalue weighted by Crippen LogP contribution is 2.35. The Bertz CT molecular complexity index is 1050. The van der Waals surface area contributed by atoms with E-state index in [2.05, 4.69) is 11.8 Å². The summed E-state index contributed by atoms with van der Waals surface area (Å²) < 4.78 is 27.9. The maximum atomic E-state index is 14.6. The van der Waals surface area contributed by atoms with Crippen molar-refractivity contribution in [3.05, 3.63) is 71.7 Å². The lowest BCUT2D eigenvalue weighted by Gasteiger charge is -2.25. The first-order valence-corrected chi connectivity index (χ1v) is 12.2. The summed E-state index contributed by atoms with van der Waals surface area (Å²) in [7, 11) is 0. The molecule has 0 unspecified atom stereocenters. The second-order valence-corrected chi connectivity index (χ2v) is 8.81. The third-order valence-electron chi connectivity index (χ3n) is 5.98. The molecule has 34 heavy (non-hydrogen) atoms. The van der Waals surface area contributed by atoms with Crippen LogP contribution in [0.2, 0.25) is 0 Å². The van der Waals surface area contributed by atoms with Gasteiger partial charge in [0.25, 0.3) is 0 Å². The second kappa shape index (κ2) is 11.6. The van der Waals surface area contributed by atoms with Gasteiger partial charge in [-0.2, -0.15) is 5.10 Å². The number of aliphatic hydroxyl groups is 1. The van der Waals surface area contributed by atoms with Crippen LogP contribution in [0, 0.1) is 11.7 Å². The SMILES string of the molecule is CCOC[C@H](O)CN(Cc1c(CC)nn(-c2ccccc2)c1Oc1ccccc1F)CC1CC1. The highest BCUT2D eigenvalue weighted by Gasteiger charge is 2.29. The molecule has 0 radical (unpaired) electrons. The van der Waals surface area contributed by atoms with Crippen molar-refractivity contribution in [2.24, 2.45) is 5.92 Å². The van der Waals surface area contributed by atoms with Crippen LogP contribution in [0.1, 0.15) is 37.9 Å². The molecule has 0 spiro atoms. The van der Waals surface area contributed by atoms with Crippen molar-refractivity contribution in [3.8, 4) is 17.3 Å². The molecule has 1 heterocycles. The van der Waals surface area contributed by atoms with E-state index in [4.69, 9.17) is 14.6 Å². The minimum atomic E-state index is -0.580. The second-order valence-electron chi connectivity index (χ2n) is 8.81. The summed E-state index contributed by atoms with van der Waals surface area (Å²) in [6.45, 7) is 6.80. The summed E-state index contributed by atoms with van der Waals surface area (Å²) in [5.41, 5.74) is 2.66. The first-order chi connectivity index (χ1) is 16.6. The average Bonchev–Trinajstić information content (AvgIpc) is 3.60. The van der Waals surface area contributed by atoms with Gasteiger partial charge in [-0.25, -0.2) is 9.07 Å². The van der Waals surface area contributed by atoms with Crippen LogP contribution in [-0.2, 0) is 17.7 Å². The van der Waals surface area contributed by atoms with Gasteiger partial charge in [0.15, 0.2) is 11.6 Å². The molecule has 1 aliphatic carbocycles. The molecule has 1 aromatic heterocycles. The van der Waals surface area contributed by atoms with Gasteiger partial charge < -0.3 is 14.6 Å². The maximum Gasteiger partial charge on any atom is 0.227 e. The molecule has 7 heteroatoms. The highest BCUT2D eigenvalue weighted by molar-refractivity contribution is 5.44. The van der Waals surface area contributed by atoms with E-state index in [1.54, 1.807) is 22.9 Å². The number of rotatable bonds is 13. The summed E-state index contributed by atoms with van der Waals surface area (Å²) >= 11 is 0. The number of aryl methyl sites for hydroxylation is 1. The quantitative estimate of drug-likeness (QED) is 0.384. The molecule has 1 aliphatic rings. The van der Waals surface area contributed by atoms with E-state index in [0.29, 0.717) is 44.5 Å². The minimum Gasteiger partial charge on any atom is -0.435 e. The number of benzene rings is 2. The fraction of sp³-hybridized carbons (Fsp3) is 0.444. The van der Waals surface area contributed by atoms with Gasteiger partial charge in [0.2, 0.25) is 5.88 Å². The summed E-state index contributed by atoms with van der Waals surface area (Å²) in [5, 5.41) is 15.4. The Morgan fingerprint density at radius 3 is 2.53 bits per heavy atom. The molecule has 182 valence electrons. The van der Waals surface area contributed by atoms with E-state index >= 15 is 0 Å². The van der Waals surface area contributed by atoms with Crippen LogP contribution in [-0.4, -0.2) is 52.2 Å². The van der Waals surface area contributed by atoms with Crippen molar-refractivity contribution in [1.29, 1.82) is 0 Å². The van der Waals surface area contributed by atoms with Crippen LogP contribution in [0.3, 0.4) is 0 Å². The molecule has 1 saturated carbocycles. The molecular weight excluding hydrogens is 433 g/mol. The third-order valence-corrected chi connectivity index (χ3v) is 5.98. The summed E-state index contributed by atoms with van der Waals surface area (Å²) in [4.78, 5) is 2.25. The van der Waals surface area contributed by atoms with Gasteiger partial charge in [0.1, 0.15) is 0 Å². The minimum absolute atomic E-state index is 0.161. The highest BCUT2D eigenvalue weighted by atomic mass is 19.1. The molecule has 0 aliphatic heterocycles. The van der Waals surface area contributed by atoms with E-state index in [1.165, 1.54) is 18.9 Å². The first-order valence-electron chi connectivity index (χ1n) is 12.2. The molecule has 3 aromatic rings. The molecule has 6 nitrogen and oxygen atoms in total. The lowest BCUT2D eigenvalue weighted by atomic mass is 10.1. The number of halogens is 1. The Morgan fingerprint density at radius 2 is 1.85 bits per heavy atom. The van der Waals surface area contributed by atoms with Crippen molar-refractivity contribution in [1.82, 2.24) is 14.7 Å². The molecule has 2 aromatic carbocycles. The van der Waals surface area contributed by atoms with E-state index < -0.39 is 11.9 Å². The predicted molar refractivity (Wildman–Crippen MR) is 130 cm³/mol. The molecule has 1 N–H and O–H groups in total.